The smallest absolute Gasteiger partial charge is 0.306 e. The summed E-state index contributed by atoms with van der Waals surface area (Å²) in [5, 5.41) is -0.498. The molecule has 1 fully saturated rings. The Morgan fingerprint density at radius 3 is 2.63 bits per heavy atom. The summed E-state index contributed by atoms with van der Waals surface area (Å²) < 4.78 is 29.0. The number of esters is 1. The van der Waals surface area contributed by atoms with Gasteiger partial charge < -0.3 is 10.5 Å². The molecule has 0 radical (unpaired) electrons. The highest BCUT2D eigenvalue weighted by Gasteiger charge is 2.36. The number of nitrogens with two attached hydrogens (primary N) is 1. The monoisotopic (exact) mass is 291 g/mol. The van der Waals surface area contributed by atoms with Crippen LogP contribution in [0.4, 0.5) is 0 Å². The maximum Gasteiger partial charge on any atom is 0.306 e. The molecule has 0 aromatic carbocycles. The lowest BCUT2D eigenvalue weighted by atomic mass is 9.83. The number of carbonyl (C=O) groups is 1. The van der Waals surface area contributed by atoms with Crippen molar-refractivity contribution in [1.82, 2.24) is 0 Å². The third-order valence-electron chi connectivity index (χ3n) is 3.93. The third kappa shape index (κ3) is 4.76. The summed E-state index contributed by atoms with van der Waals surface area (Å²) in [4.78, 5) is 11.1. The van der Waals surface area contributed by atoms with Crippen LogP contribution in [0.2, 0.25) is 0 Å². The molecule has 0 amide bonds. The molecule has 19 heavy (non-hydrogen) atoms. The van der Waals surface area contributed by atoms with Crippen LogP contribution in [-0.2, 0) is 19.4 Å². The van der Waals surface area contributed by atoms with Gasteiger partial charge in [0.1, 0.15) is 0 Å². The van der Waals surface area contributed by atoms with E-state index in [-0.39, 0.29) is 18.2 Å². The van der Waals surface area contributed by atoms with E-state index in [0.29, 0.717) is 12.3 Å². The van der Waals surface area contributed by atoms with Crippen molar-refractivity contribution in [2.75, 3.05) is 12.9 Å². The third-order valence-corrected chi connectivity index (χ3v) is 6.17. The van der Waals surface area contributed by atoms with Gasteiger partial charge in [-0.1, -0.05) is 19.8 Å². The van der Waals surface area contributed by atoms with Gasteiger partial charge >= 0.3 is 5.97 Å². The van der Waals surface area contributed by atoms with Crippen molar-refractivity contribution in [3.63, 3.8) is 0 Å². The first kappa shape index (κ1) is 16.4. The molecule has 0 aliphatic heterocycles. The second-order valence-corrected chi connectivity index (χ2v) is 7.70. The van der Waals surface area contributed by atoms with E-state index in [2.05, 4.69) is 11.7 Å². The molecule has 3 unspecified atom stereocenters. The number of sulfone groups is 1. The molecule has 6 heteroatoms. The fourth-order valence-corrected chi connectivity index (χ4v) is 4.79. The van der Waals surface area contributed by atoms with Crippen LogP contribution in [0.3, 0.4) is 0 Å². The minimum absolute atomic E-state index is 0.0828. The summed E-state index contributed by atoms with van der Waals surface area (Å²) in [6.07, 6.45) is 4.44. The van der Waals surface area contributed by atoms with Crippen molar-refractivity contribution in [3.05, 3.63) is 0 Å². The van der Waals surface area contributed by atoms with Crippen LogP contribution in [0.15, 0.2) is 0 Å². The Hall–Kier alpha value is -0.620. The summed E-state index contributed by atoms with van der Waals surface area (Å²) >= 11 is 0. The van der Waals surface area contributed by atoms with Crippen LogP contribution in [0.5, 0.6) is 0 Å². The lowest BCUT2D eigenvalue weighted by Gasteiger charge is -2.33. The van der Waals surface area contributed by atoms with Gasteiger partial charge in [-0.25, -0.2) is 8.42 Å². The molecular formula is C13H25NO4S. The Morgan fingerprint density at radius 2 is 2.05 bits per heavy atom. The maximum absolute atomic E-state index is 12.3. The summed E-state index contributed by atoms with van der Waals surface area (Å²) in [6, 6.07) is -0.296. The van der Waals surface area contributed by atoms with Crippen LogP contribution >= 0.6 is 0 Å². The largest absolute Gasteiger partial charge is 0.469 e. The van der Waals surface area contributed by atoms with Crippen molar-refractivity contribution in [2.45, 2.75) is 56.7 Å². The highest BCUT2D eigenvalue weighted by Crippen LogP contribution is 2.31. The molecule has 0 aromatic heterocycles. The number of hydrogen-bond acceptors (Lipinski definition) is 5. The average Bonchev–Trinajstić information content (AvgIpc) is 2.38. The standard InChI is InChI=1S/C13H25NO4S/c1-3-4-10-5-6-11(14)12(9-10)19(16,17)8-7-13(15)18-2/h10-12H,3-9,14H2,1-2H3. The molecule has 0 saturated heterocycles. The second-order valence-electron chi connectivity index (χ2n) is 5.36. The molecule has 0 aromatic rings. The van der Waals surface area contributed by atoms with Crippen LogP contribution in [0, 0.1) is 5.92 Å². The van der Waals surface area contributed by atoms with E-state index in [1.165, 1.54) is 7.11 Å². The Kier molecular flexibility index (Phi) is 6.26. The molecule has 3 atom stereocenters. The Labute approximate surface area is 115 Å². The van der Waals surface area contributed by atoms with E-state index in [4.69, 9.17) is 5.73 Å². The number of ether oxygens (including phenoxy) is 1. The summed E-state index contributed by atoms with van der Waals surface area (Å²) in [7, 11) is -2.05. The van der Waals surface area contributed by atoms with Crippen LogP contribution in [0.1, 0.15) is 45.4 Å². The summed E-state index contributed by atoms with van der Waals surface area (Å²) in [6.45, 7) is 2.11. The first-order valence-electron chi connectivity index (χ1n) is 6.94. The molecule has 2 N–H and O–H groups in total. The van der Waals surface area contributed by atoms with Crippen LogP contribution in [0.25, 0.3) is 0 Å². The molecule has 0 bridgehead atoms. The molecule has 1 saturated carbocycles. The molecule has 0 heterocycles. The summed E-state index contributed by atoms with van der Waals surface area (Å²) in [5.74, 6) is -0.197. The number of carbonyl (C=O) groups excluding carboxylic acids is 1. The van der Waals surface area contributed by atoms with Crippen molar-refractivity contribution in [1.29, 1.82) is 0 Å². The zero-order chi connectivity index (χ0) is 14.5. The van der Waals surface area contributed by atoms with Crippen molar-refractivity contribution in [2.24, 2.45) is 11.7 Å². The SMILES string of the molecule is CCCC1CCC(N)C(S(=O)(=O)CCC(=O)OC)C1. The Morgan fingerprint density at radius 1 is 1.37 bits per heavy atom. The van der Waals surface area contributed by atoms with Gasteiger partial charge in [-0.3, -0.25) is 4.79 Å². The van der Waals surface area contributed by atoms with Crippen LogP contribution in [-0.4, -0.2) is 38.5 Å². The highest BCUT2D eigenvalue weighted by molar-refractivity contribution is 7.92. The first-order chi connectivity index (χ1) is 8.90. The minimum atomic E-state index is -3.31. The quantitative estimate of drug-likeness (QED) is 0.744. The zero-order valence-electron chi connectivity index (χ0n) is 11.8. The minimum Gasteiger partial charge on any atom is -0.469 e. The van der Waals surface area contributed by atoms with Gasteiger partial charge in [0.2, 0.25) is 0 Å². The number of methoxy groups -OCH3 is 1. The zero-order valence-corrected chi connectivity index (χ0v) is 12.6. The molecule has 112 valence electrons. The van der Waals surface area contributed by atoms with Gasteiger partial charge in [-0.15, -0.1) is 0 Å². The Balaban J connectivity index is 2.66. The fraction of sp³-hybridized carbons (Fsp3) is 0.923. The van der Waals surface area contributed by atoms with Crippen molar-refractivity contribution < 1.29 is 17.9 Å². The van der Waals surface area contributed by atoms with Gasteiger partial charge in [-0.2, -0.15) is 0 Å². The molecular weight excluding hydrogens is 266 g/mol. The fourth-order valence-electron chi connectivity index (χ4n) is 2.80. The van der Waals surface area contributed by atoms with Gasteiger partial charge in [0, 0.05) is 6.04 Å². The molecule has 1 aliphatic rings. The first-order valence-corrected chi connectivity index (χ1v) is 8.66. The van der Waals surface area contributed by atoms with E-state index in [9.17, 15) is 13.2 Å². The highest BCUT2D eigenvalue weighted by atomic mass is 32.2. The van der Waals surface area contributed by atoms with Crippen molar-refractivity contribution >= 4 is 15.8 Å². The van der Waals surface area contributed by atoms with Crippen molar-refractivity contribution in [3.8, 4) is 0 Å². The van der Waals surface area contributed by atoms with E-state index < -0.39 is 21.1 Å². The molecule has 1 aliphatic carbocycles. The van der Waals surface area contributed by atoms with Gasteiger partial charge in [0.05, 0.1) is 24.5 Å². The van der Waals surface area contributed by atoms with Gasteiger partial charge in [0.25, 0.3) is 0 Å². The van der Waals surface area contributed by atoms with Gasteiger partial charge in [0.15, 0.2) is 9.84 Å². The predicted octanol–water partition coefficient (Wildman–Crippen LogP) is 1.26. The number of rotatable bonds is 6. The maximum atomic E-state index is 12.3. The van der Waals surface area contributed by atoms with E-state index in [1.54, 1.807) is 0 Å². The summed E-state index contributed by atoms with van der Waals surface area (Å²) in [5.41, 5.74) is 5.97. The molecule has 5 nitrogen and oxygen atoms in total. The Bertz CT molecular complexity index is 393. The lowest BCUT2D eigenvalue weighted by molar-refractivity contribution is -0.140. The predicted molar refractivity (Wildman–Crippen MR) is 74.4 cm³/mol. The molecule has 1 rings (SSSR count). The molecule has 0 spiro atoms. The second kappa shape index (κ2) is 7.24. The lowest BCUT2D eigenvalue weighted by Crippen LogP contribution is -2.46. The average molecular weight is 291 g/mol. The van der Waals surface area contributed by atoms with E-state index in [1.807, 2.05) is 0 Å². The topological polar surface area (TPSA) is 86.5 Å². The van der Waals surface area contributed by atoms with E-state index in [0.717, 1.165) is 25.7 Å². The van der Waals surface area contributed by atoms with Crippen LogP contribution < -0.4 is 5.73 Å². The normalized spacial score (nSPS) is 28.1. The van der Waals surface area contributed by atoms with Gasteiger partial charge in [-0.05, 0) is 25.2 Å². The number of hydrogen-bond donors (Lipinski definition) is 1. The van der Waals surface area contributed by atoms with E-state index >= 15 is 0 Å².